The van der Waals surface area contributed by atoms with Gasteiger partial charge in [0.15, 0.2) is 5.96 Å². The Kier molecular flexibility index (Phi) is 12.4. The Balaban J connectivity index is 0.00000363. The zero-order chi connectivity index (χ0) is 21.7. The van der Waals surface area contributed by atoms with Crippen molar-refractivity contribution in [3.8, 4) is 5.75 Å². The van der Waals surface area contributed by atoms with Gasteiger partial charge in [-0.25, -0.2) is 4.99 Å². The number of aliphatic imine (C=N–C) groups is 1. The molecule has 6 nitrogen and oxygen atoms in total. The predicted molar refractivity (Wildman–Crippen MR) is 140 cm³/mol. The lowest BCUT2D eigenvalue weighted by Crippen LogP contribution is -2.40. The van der Waals surface area contributed by atoms with Crippen LogP contribution in [0.3, 0.4) is 0 Å². The lowest BCUT2D eigenvalue weighted by atomic mass is 10.1. The second kappa shape index (κ2) is 15.1. The molecule has 0 radical (unpaired) electrons. The SMILES string of the molecule is CCNC(=NCc1ccc(OCCOC)cc1)N1CCC(COCc2ccccc2)C1.I. The van der Waals surface area contributed by atoms with Gasteiger partial charge in [-0.2, -0.15) is 0 Å². The average molecular weight is 553 g/mol. The highest BCUT2D eigenvalue weighted by Gasteiger charge is 2.25. The fourth-order valence-electron chi connectivity index (χ4n) is 3.60. The number of hydrogen-bond acceptors (Lipinski definition) is 4. The van der Waals surface area contributed by atoms with Crippen LogP contribution in [0.2, 0.25) is 0 Å². The maximum Gasteiger partial charge on any atom is 0.194 e. The van der Waals surface area contributed by atoms with Gasteiger partial charge in [0, 0.05) is 32.7 Å². The number of hydrogen-bond donors (Lipinski definition) is 1. The first-order valence-electron chi connectivity index (χ1n) is 11.1. The molecule has 1 atom stereocenters. The third kappa shape index (κ3) is 8.96. The fraction of sp³-hybridized carbons (Fsp3) is 0.480. The maximum atomic E-state index is 5.96. The number of ether oxygens (including phenoxy) is 3. The molecule has 7 heteroatoms. The minimum Gasteiger partial charge on any atom is -0.491 e. The molecule has 1 aliphatic rings. The van der Waals surface area contributed by atoms with E-state index in [1.807, 2.05) is 18.2 Å². The maximum absolute atomic E-state index is 5.96. The van der Waals surface area contributed by atoms with Crippen LogP contribution in [0.1, 0.15) is 24.5 Å². The Morgan fingerprint density at radius 2 is 1.84 bits per heavy atom. The molecule has 1 aliphatic heterocycles. The number of likely N-dealkylation sites (tertiary alicyclic amines) is 1. The van der Waals surface area contributed by atoms with Crippen molar-refractivity contribution in [3.63, 3.8) is 0 Å². The van der Waals surface area contributed by atoms with E-state index < -0.39 is 0 Å². The van der Waals surface area contributed by atoms with E-state index in [0.717, 1.165) is 49.9 Å². The summed E-state index contributed by atoms with van der Waals surface area (Å²) in [6.07, 6.45) is 1.13. The monoisotopic (exact) mass is 553 g/mol. The highest BCUT2D eigenvalue weighted by Crippen LogP contribution is 2.18. The second-order valence-corrected chi connectivity index (χ2v) is 7.76. The topological polar surface area (TPSA) is 55.3 Å². The third-order valence-corrected chi connectivity index (χ3v) is 5.28. The molecular formula is C25H36IN3O3. The predicted octanol–water partition coefficient (Wildman–Crippen LogP) is 4.33. The Bertz CT molecular complexity index is 787. The summed E-state index contributed by atoms with van der Waals surface area (Å²) in [6, 6.07) is 18.5. The number of methoxy groups -OCH3 is 1. The Morgan fingerprint density at radius 3 is 2.56 bits per heavy atom. The van der Waals surface area contributed by atoms with E-state index in [1.54, 1.807) is 7.11 Å². The van der Waals surface area contributed by atoms with Crippen molar-refractivity contribution in [2.24, 2.45) is 10.9 Å². The molecule has 1 saturated heterocycles. The smallest absolute Gasteiger partial charge is 0.194 e. The normalized spacial score (nSPS) is 16.0. The highest BCUT2D eigenvalue weighted by molar-refractivity contribution is 14.0. The second-order valence-electron chi connectivity index (χ2n) is 7.76. The fourth-order valence-corrected chi connectivity index (χ4v) is 3.60. The first-order valence-corrected chi connectivity index (χ1v) is 11.1. The van der Waals surface area contributed by atoms with Crippen LogP contribution >= 0.6 is 24.0 Å². The summed E-state index contributed by atoms with van der Waals surface area (Å²) in [5.74, 6) is 2.37. The van der Waals surface area contributed by atoms with Crippen molar-refractivity contribution in [1.29, 1.82) is 0 Å². The summed E-state index contributed by atoms with van der Waals surface area (Å²) in [5, 5.41) is 3.44. The van der Waals surface area contributed by atoms with Gasteiger partial charge in [-0.1, -0.05) is 42.5 Å². The van der Waals surface area contributed by atoms with Crippen molar-refractivity contribution in [1.82, 2.24) is 10.2 Å². The van der Waals surface area contributed by atoms with Crippen LogP contribution in [0.25, 0.3) is 0 Å². The van der Waals surface area contributed by atoms with E-state index in [4.69, 9.17) is 19.2 Å². The Labute approximate surface area is 209 Å². The zero-order valence-corrected chi connectivity index (χ0v) is 21.5. The van der Waals surface area contributed by atoms with Crippen LogP contribution in [0, 0.1) is 5.92 Å². The van der Waals surface area contributed by atoms with Crippen LogP contribution in [0.15, 0.2) is 59.6 Å². The number of benzene rings is 2. The number of rotatable bonds is 11. The van der Waals surface area contributed by atoms with Crippen molar-refractivity contribution in [3.05, 3.63) is 65.7 Å². The molecule has 32 heavy (non-hydrogen) atoms. The summed E-state index contributed by atoms with van der Waals surface area (Å²) in [6.45, 7) is 8.22. The number of halogens is 1. The molecule has 0 aliphatic carbocycles. The molecule has 3 rings (SSSR count). The minimum atomic E-state index is 0. The van der Waals surface area contributed by atoms with E-state index in [1.165, 1.54) is 5.56 Å². The van der Waals surface area contributed by atoms with E-state index in [-0.39, 0.29) is 24.0 Å². The van der Waals surface area contributed by atoms with E-state index in [9.17, 15) is 0 Å². The van der Waals surface area contributed by atoms with Gasteiger partial charge < -0.3 is 24.4 Å². The number of nitrogens with one attached hydrogen (secondary N) is 1. The van der Waals surface area contributed by atoms with Gasteiger partial charge >= 0.3 is 0 Å². The highest BCUT2D eigenvalue weighted by atomic mass is 127. The lowest BCUT2D eigenvalue weighted by Gasteiger charge is -2.21. The largest absolute Gasteiger partial charge is 0.491 e. The first-order chi connectivity index (χ1) is 15.3. The molecule has 0 amide bonds. The van der Waals surface area contributed by atoms with Gasteiger partial charge in [-0.3, -0.25) is 0 Å². The summed E-state index contributed by atoms with van der Waals surface area (Å²) in [4.78, 5) is 7.21. The lowest BCUT2D eigenvalue weighted by molar-refractivity contribution is 0.0906. The van der Waals surface area contributed by atoms with Crippen molar-refractivity contribution in [2.75, 3.05) is 46.6 Å². The molecular weight excluding hydrogens is 517 g/mol. The van der Waals surface area contributed by atoms with Gasteiger partial charge in [0.1, 0.15) is 12.4 Å². The molecule has 1 unspecified atom stereocenters. The summed E-state index contributed by atoms with van der Waals surface area (Å²) >= 11 is 0. The van der Waals surface area contributed by atoms with Crippen molar-refractivity contribution < 1.29 is 14.2 Å². The van der Waals surface area contributed by atoms with Gasteiger partial charge in [-0.15, -0.1) is 24.0 Å². The van der Waals surface area contributed by atoms with Gasteiger partial charge in [-0.05, 0) is 36.6 Å². The molecule has 176 valence electrons. The summed E-state index contributed by atoms with van der Waals surface area (Å²) in [7, 11) is 1.67. The average Bonchev–Trinajstić information content (AvgIpc) is 3.27. The standard InChI is InChI=1S/C25H35N3O3.HI/c1-3-26-25(27-17-21-9-11-24(12-10-21)31-16-15-29-2)28-14-13-23(18-28)20-30-19-22-7-5-4-6-8-22;/h4-12,23H,3,13-20H2,1-2H3,(H,26,27);1H. The molecule has 0 bridgehead atoms. The molecule has 1 heterocycles. The minimum absolute atomic E-state index is 0. The van der Waals surface area contributed by atoms with Crippen LogP contribution in [-0.2, 0) is 22.6 Å². The van der Waals surface area contributed by atoms with E-state index >= 15 is 0 Å². The number of nitrogens with zero attached hydrogens (tertiary/aromatic N) is 2. The molecule has 1 fully saturated rings. The van der Waals surface area contributed by atoms with Crippen LogP contribution in [0.4, 0.5) is 0 Å². The molecule has 2 aromatic rings. The van der Waals surface area contributed by atoms with E-state index in [2.05, 4.69) is 53.5 Å². The molecule has 0 saturated carbocycles. The number of guanidine groups is 1. The quantitative estimate of drug-likeness (QED) is 0.194. The molecule has 0 spiro atoms. The summed E-state index contributed by atoms with van der Waals surface area (Å²) < 4.78 is 16.6. The molecule has 1 N–H and O–H groups in total. The Morgan fingerprint density at radius 1 is 1.06 bits per heavy atom. The van der Waals surface area contributed by atoms with Gasteiger partial charge in [0.05, 0.1) is 26.4 Å². The zero-order valence-electron chi connectivity index (χ0n) is 19.2. The van der Waals surface area contributed by atoms with Crippen LogP contribution in [0.5, 0.6) is 5.75 Å². The summed E-state index contributed by atoms with van der Waals surface area (Å²) in [5.41, 5.74) is 2.39. The van der Waals surface area contributed by atoms with Gasteiger partial charge in [0.2, 0.25) is 0 Å². The first kappa shape index (κ1) is 26.4. The molecule has 0 aromatic heterocycles. The third-order valence-electron chi connectivity index (χ3n) is 5.28. The Hall–Kier alpha value is -1.84. The molecule has 2 aromatic carbocycles. The van der Waals surface area contributed by atoms with Gasteiger partial charge in [0.25, 0.3) is 0 Å². The van der Waals surface area contributed by atoms with Crippen LogP contribution < -0.4 is 10.1 Å². The van der Waals surface area contributed by atoms with Crippen molar-refractivity contribution in [2.45, 2.75) is 26.5 Å². The van der Waals surface area contributed by atoms with Crippen molar-refractivity contribution >= 4 is 29.9 Å². The van der Waals surface area contributed by atoms with E-state index in [0.29, 0.717) is 32.3 Å². The van der Waals surface area contributed by atoms with Crippen LogP contribution in [-0.4, -0.2) is 57.4 Å².